The van der Waals surface area contributed by atoms with Crippen LogP contribution in [0.25, 0.3) is 0 Å². The maximum Gasteiger partial charge on any atom is 0.264 e. The molecule has 1 N–H and O–H groups in total. The minimum Gasteiger partial charge on any atom is -0.355 e. The van der Waals surface area contributed by atoms with Crippen molar-refractivity contribution in [3.8, 4) is 0 Å². The highest BCUT2D eigenvalue weighted by molar-refractivity contribution is 7.89. The third kappa shape index (κ3) is 4.76. The number of sulfonamides is 1. The molecular formula is C15H23N3O5S. The predicted octanol–water partition coefficient (Wildman–Crippen LogP) is 0.467. The number of carbonyl (C=O) groups is 2. The first-order valence-electron chi connectivity index (χ1n) is 7.47. The van der Waals surface area contributed by atoms with Crippen molar-refractivity contribution in [1.82, 2.24) is 14.7 Å². The zero-order valence-electron chi connectivity index (χ0n) is 14.3. The van der Waals surface area contributed by atoms with Crippen LogP contribution in [0.5, 0.6) is 0 Å². The zero-order chi connectivity index (χ0) is 18.3. The molecule has 0 spiro atoms. The lowest BCUT2D eigenvalue weighted by Gasteiger charge is -2.20. The molecule has 9 heteroatoms. The van der Waals surface area contributed by atoms with Gasteiger partial charge in [0.1, 0.15) is 0 Å². The maximum absolute atomic E-state index is 12.4. The first kappa shape index (κ1) is 20.1. The van der Waals surface area contributed by atoms with Crippen LogP contribution in [-0.2, 0) is 19.7 Å². The molecular weight excluding hydrogens is 334 g/mol. The van der Waals surface area contributed by atoms with Gasteiger partial charge in [-0.1, -0.05) is 4.47 Å². The fourth-order valence-corrected chi connectivity index (χ4v) is 2.93. The van der Waals surface area contributed by atoms with Crippen LogP contribution in [0.2, 0.25) is 0 Å². The highest BCUT2D eigenvalue weighted by atomic mass is 32.2. The van der Waals surface area contributed by atoms with Gasteiger partial charge in [-0.05, 0) is 38.1 Å². The summed E-state index contributed by atoms with van der Waals surface area (Å²) in [5.41, 5.74) is 0.306. The third-order valence-corrected chi connectivity index (χ3v) is 5.07. The molecule has 8 nitrogen and oxygen atoms in total. The molecule has 0 bridgehead atoms. The molecule has 134 valence electrons. The van der Waals surface area contributed by atoms with Crippen LogP contribution >= 0.6 is 0 Å². The van der Waals surface area contributed by atoms with Crippen LogP contribution in [0.1, 0.15) is 24.2 Å². The first-order valence-corrected chi connectivity index (χ1v) is 8.91. The third-order valence-electron chi connectivity index (χ3n) is 3.37. The minimum absolute atomic E-state index is 0.00942. The molecule has 0 radical (unpaired) electrons. The van der Waals surface area contributed by atoms with E-state index in [9.17, 15) is 18.0 Å². The Hall–Kier alpha value is -1.97. The summed E-state index contributed by atoms with van der Waals surface area (Å²) in [5, 5.41) is 2.63. The largest absolute Gasteiger partial charge is 0.355 e. The number of amides is 2. The summed E-state index contributed by atoms with van der Waals surface area (Å²) in [4.78, 5) is 30.2. The number of hydroxylamine groups is 1. The van der Waals surface area contributed by atoms with Crippen molar-refractivity contribution in [2.45, 2.75) is 18.7 Å². The second kappa shape index (κ2) is 8.76. The molecule has 0 heterocycles. The second-order valence-electron chi connectivity index (χ2n) is 4.89. The van der Waals surface area contributed by atoms with Gasteiger partial charge in [0, 0.05) is 25.7 Å². The highest BCUT2D eigenvalue weighted by Gasteiger charge is 2.22. The highest BCUT2D eigenvalue weighted by Crippen LogP contribution is 2.16. The van der Waals surface area contributed by atoms with Crippen LogP contribution in [0.3, 0.4) is 0 Å². The van der Waals surface area contributed by atoms with Crippen molar-refractivity contribution < 1.29 is 22.8 Å². The number of likely N-dealkylation sites (N-methyl/N-ethyl adjacent to an activating group) is 2. The SMILES string of the molecule is CCNC(=O)CN(CC)C(=O)c1ccc(S(=O)(=O)N(C)OC)cc1. The molecule has 0 fully saturated rings. The molecule has 0 aromatic heterocycles. The van der Waals surface area contributed by atoms with E-state index in [1.165, 1.54) is 43.3 Å². The average molecular weight is 357 g/mol. The van der Waals surface area contributed by atoms with Crippen LogP contribution in [-0.4, -0.2) is 63.4 Å². The van der Waals surface area contributed by atoms with E-state index in [0.717, 1.165) is 4.47 Å². The van der Waals surface area contributed by atoms with Crippen LogP contribution in [0, 0.1) is 0 Å². The molecule has 0 unspecified atom stereocenters. The molecule has 2 amide bonds. The van der Waals surface area contributed by atoms with Crippen LogP contribution in [0.4, 0.5) is 0 Å². The van der Waals surface area contributed by atoms with Crippen LogP contribution in [0.15, 0.2) is 29.2 Å². The van der Waals surface area contributed by atoms with Gasteiger partial charge in [0.2, 0.25) is 5.91 Å². The molecule has 0 aliphatic rings. The number of nitrogens with zero attached hydrogens (tertiary/aromatic N) is 2. The topological polar surface area (TPSA) is 96.0 Å². The Labute approximate surface area is 142 Å². The number of nitrogens with one attached hydrogen (secondary N) is 1. The van der Waals surface area contributed by atoms with Gasteiger partial charge in [-0.2, -0.15) is 0 Å². The van der Waals surface area contributed by atoms with Crippen molar-refractivity contribution >= 4 is 21.8 Å². The van der Waals surface area contributed by atoms with Gasteiger partial charge in [-0.25, -0.2) is 8.42 Å². The smallest absolute Gasteiger partial charge is 0.264 e. The fourth-order valence-electron chi connectivity index (χ4n) is 1.95. The van der Waals surface area contributed by atoms with Gasteiger partial charge in [-0.3, -0.25) is 14.4 Å². The first-order chi connectivity index (χ1) is 11.3. The molecule has 0 atom stereocenters. The molecule has 0 aliphatic heterocycles. The molecule has 1 rings (SSSR count). The maximum atomic E-state index is 12.4. The number of rotatable bonds is 8. The standard InChI is InChI=1S/C15H23N3O5S/c1-5-16-14(19)11-18(6-2)15(20)12-7-9-13(10-8-12)24(21,22)17(3)23-4/h7-10H,5-6,11H2,1-4H3,(H,16,19). The van der Waals surface area contributed by atoms with Gasteiger partial charge < -0.3 is 10.2 Å². The second-order valence-corrected chi connectivity index (χ2v) is 6.83. The number of carbonyl (C=O) groups excluding carboxylic acids is 2. The van der Waals surface area contributed by atoms with Gasteiger partial charge in [0.05, 0.1) is 18.6 Å². The Bertz CT molecular complexity index is 673. The van der Waals surface area contributed by atoms with E-state index in [1.807, 2.05) is 0 Å². The van der Waals surface area contributed by atoms with E-state index in [4.69, 9.17) is 4.84 Å². The van der Waals surface area contributed by atoms with Crippen molar-refractivity contribution in [2.24, 2.45) is 0 Å². The van der Waals surface area contributed by atoms with Gasteiger partial charge in [0.15, 0.2) is 0 Å². The summed E-state index contributed by atoms with van der Waals surface area (Å²) in [6.45, 7) is 4.37. The quantitative estimate of drug-likeness (QED) is 0.682. The molecule has 1 aromatic rings. The number of benzene rings is 1. The predicted molar refractivity (Wildman–Crippen MR) is 88.7 cm³/mol. The molecule has 0 saturated heterocycles. The van der Waals surface area contributed by atoms with Crippen molar-refractivity contribution in [1.29, 1.82) is 0 Å². The van der Waals surface area contributed by atoms with Gasteiger partial charge >= 0.3 is 0 Å². The summed E-state index contributed by atoms with van der Waals surface area (Å²) >= 11 is 0. The fraction of sp³-hybridized carbons (Fsp3) is 0.467. The van der Waals surface area contributed by atoms with E-state index < -0.39 is 10.0 Å². The lowest BCUT2D eigenvalue weighted by molar-refractivity contribution is -0.121. The Morgan fingerprint density at radius 3 is 2.21 bits per heavy atom. The summed E-state index contributed by atoms with van der Waals surface area (Å²) < 4.78 is 24.9. The lowest BCUT2D eigenvalue weighted by atomic mass is 10.2. The van der Waals surface area contributed by atoms with Gasteiger partial charge in [0.25, 0.3) is 15.9 Å². The Morgan fingerprint density at radius 1 is 1.17 bits per heavy atom. The molecule has 0 saturated carbocycles. The van der Waals surface area contributed by atoms with E-state index in [1.54, 1.807) is 13.8 Å². The normalized spacial score (nSPS) is 11.4. The summed E-state index contributed by atoms with van der Waals surface area (Å²) in [6.07, 6.45) is 0. The Morgan fingerprint density at radius 2 is 1.75 bits per heavy atom. The van der Waals surface area contributed by atoms with Crippen LogP contribution < -0.4 is 5.32 Å². The van der Waals surface area contributed by atoms with Crippen molar-refractivity contribution in [2.75, 3.05) is 33.8 Å². The molecule has 24 heavy (non-hydrogen) atoms. The Kier molecular flexibility index (Phi) is 7.33. The van der Waals surface area contributed by atoms with E-state index in [0.29, 0.717) is 18.7 Å². The van der Waals surface area contributed by atoms with E-state index in [2.05, 4.69) is 5.32 Å². The van der Waals surface area contributed by atoms with Crippen molar-refractivity contribution in [3.05, 3.63) is 29.8 Å². The number of hydrogen-bond donors (Lipinski definition) is 1. The minimum atomic E-state index is -3.76. The van der Waals surface area contributed by atoms with Crippen molar-refractivity contribution in [3.63, 3.8) is 0 Å². The summed E-state index contributed by atoms with van der Waals surface area (Å²) in [6, 6.07) is 5.49. The van der Waals surface area contributed by atoms with E-state index in [-0.39, 0.29) is 23.3 Å². The molecule has 0 aliphatic carbocycles. The Balaban J connectivity index is 2.95. The number of hydrogen-bond acceptors (Lipinski definition) is 5. The monoisotopic (exact) mass is 357 g/mol. The lowest BCUT2D eigenvalue weighted by Crippen LogP contribution is -2.40. The van der Waals surface area contributed by atoms with E-state index >= 15 is 0 Å². The zero-order valence-corrected chi connectivity index (χ0v) is 15.1. The van der Waals surface area contributed by atoms with Gasteiger partial charge in [-0.15, -0.1) is 0 Å². The summed E-state index contributed by atoms with van der Waals surface area (Å²) in [5.74, 6) is -0.582. The molecule has 1 aromatic carbocycles. The summed E-state index contributed by atoms with van der Waals surface area (Å²) in [7, 11) is -1.24. The average Bonchev–Trinajstić information content (AvgIpc) is 2.58.